The molecule has 0 aliphatic carbocycles. The van der Waals surface area contributed by atoms with Crippen LogP contribution >= 0.6 is 0 Å². The molecule has 2 rings (SSSR count). The fraction of sp³-hybridized carbons (Fsp3) is 0.500. The van der Waals surface area contributed by atoms with Crippen LogP contribution in [-0.4, -0.2) is 30.1 Å². The SMILES string of the molecule is C[C@@H](OCc1ccccc1)C(=O)NN1CCCC1. The van der Waals surface area contributed by atoms with E-state index in [2.05, 4.69) is 5.43 Å². The maximum atomic E-state index is 11.8. The molecule has 1 aromatic carbocycles. The van der Waals surface area contributed by atoms with Crippen molar-refractivity contribution in [2.24, 2.45) is 0 Å². The van der Waals surface area contributed by atoms with Gasteiger partial charge in [0.15, 0.2) is 0 Å². The summed E-state index contributed by atoms with van der Waals surface area (Å²) in [6.45, 7) is 4.14. The molecule has 1 aliphatic heterocycles. The molecule has 1 aliphatic rings. The van der Waals surface area contributed by atoms with E-state index >= 15 is 0 Å². The van der Waals surface area contributed by atoms with Crippen molar-refractivity contribution in [2.45, 2.75) is 32.5 Å². The number of carbonyl (C=O) groups is 1. The molecule has 1 amide bonds. The average molecular weight is 248 g/mol. The molecule has 1 heterocycles. The largest absolute Gasteiger partial charge is 0.364 e. The Labute approximate surface area is 108 Å². The Kier molecular flexibility index (Phi) is 4.73. The molecule has 18 heavy (non-hydrogen) atoms. The van der Waals surface area contributed by atoms with Crippen LogP contribution in [0.2, 0.25) is 0 Å². The molecule has 4 heteroatoms. The molecule has 0 unspecified atom stereocenters. The van der Waals surface area contributed by atoms with E-state index in [9.17, 15) is 4.79 Å². The molecular formula is C14H20N2O2. The van der Waals surface area contributed by atoms with Gasteiger partial charge in [0.2, 0.25) is 0 Å². The minimum absolute atomic E-state index is 0.0622. The van der Waals surface area contributed by atoms with Crippen molar-refractivity contribution < 1.29 is 9.53 Å². The minimum atomic E-state index is -0.425. The van der Waals surface area contributed by atoms with Crippen LogP contribution in [0.5, 0.6) is 0 Å². The van der Waals surface area contributed by atoms with Crippen molar-refractivity contribution in [2.75, 3.05) is 13.1 Å². The molecule has 1 atom stereocenters. The maximum Gasteiger partial charge on any atom is 0.263 e. The van der Waals surface area contributed by atoms with E-state index < -0.39 is 6.10 Å². The van der Waals surface area contributed by atoms with E-state index in [1.54, 1.807) is 6.92 Å². The van der Waals surface area contributed by atoms with E-state index in [0.717, 1.165) is 31.5 Å². The Morgan fingerprint density at radius 2 is 2.00 bits per heavy atom. The standard InChI is InChI=1S/C14H20N2O2/c1-12(14(17)15-16-9-5-6-10-16)18-11-13-7-3-2-4-8-13/h2-4,7-8,12H,5-6,9-11H2,1H3,(H,15,17)/t12-/m1/s1. The van der Waals surface area contributed by atoms with Gasteiger partial charge in [0.1, 0.15) is 6.10 Å². The summed E-state index contributed by atoms with van der Waals surface area (Å²) in [6, 6.07) is 9.88. The molecule has 0 saturated carbocycles. The summed E-state index contributed by atoms with van der Waals surface area (Å²) in [4.78, 5) is 11.8. The van der Waals surface area contributed by atoms with E-state index in [1.165, 1.54) is 0 Å². The van der Waals surface area contributed by atoms with E-state index in [4.69, 9.17) is 4.74 Å². The molecule has 1 fully saturated rings. The molecule has 1 aromatic rings. The van der Waals surface area contributed by atoms with Crippen molar-refractivity contribution in [3.05, 3.63) is 35.9 Å². The van der Waals surface area contributed by atoms with Gasteiger partial charge in [0, 0.05) is 13.1 Å². The second-order valence-electron chi connectivity index (χ2n) is 4.61. The third-order valence-corrected chi connectivity index (χ3v) is 3.09. The third-order valence-electron chi connectivity index (χ3n) is 3.09. The molecule has 0 bridgehead atoms. The predicted molar refractivity (Wildman–Crippen MR) is 69.6 cm³/mol. The quantitative estimate of drug-likeness (QED) is 0.862. The van der Waals surface area contributed by atoms with Crippen LogP contribution in [0, 0.1) is 0 Å². The average Bonchev–Trinajstić information content (AvgIpc) is 2.90. The second kappa shape index (κ2) is 6.52. The van der Waals surface area contributed by atoms with E-state index in [0.29, 0.717) is 6.61 Å². The molecular weight excluding hydrogens is 228 g/mol. The second-order valence-corrected chi connectivity index (χ2v) is 4.61. The maximum absolute atomic E-state index is 11.8. The molecule has 1 N–H and O–H groups in total. The van der Waals surface area contributed by atoms with Crippen molar-refractivity contribution in [3.63, 3.8) is 0 Å². The highest BCUT2D eigenvalue weighted by Gasteiger charge is 2.18. The first-order valence-corrected chi connectivity index (χ1v) is 6.46. The van der Waals surface area contributed by atoms with Crippen LogP contribution in [0.15, 0.2) is 30.3 Å². The molecule has 98 valence electrons. The Balaban J connectivity index is 1.73. The summed E-state index contributed by atoms with van der Waals surface area (Å²) in [6.07, 6.45) is 1.88. The number of ether oxygens (including phenoxy) is 1. The number of benzene rings is 1. The highest BCUT2D eigenvalue weighted by Crippen LogP contribution is 2.06. The van der Waals surface area contributed by atoms with Crippen LogP contribution in [0.4, 0.5) is 0 Å². The summed E-state index contributed by atoms with van der Waals surface area (Å²) in [7, 11) is 0. The summed E-state index contributed by atoms with van der Waals surface area (Å²) in [5.74, 6) is -0.0622. The summed E-state index contributed by atoms with van der Waals surface area (Å²) >= 11 is 0. The van der Waals surface area contributed by atoms with Gasteiger partial charge in [-0.2, -0.15) is 0 Å². The Morgan fingerprint density at radius 3 is 2.67 bits per heavy atom. The molecule has 0 radical (unpaired) electrons. The van der Waals surface area contributed by atoms with Crippen LogP contribution in [-0.2, 0) is 16.1 Å². The first kappa shape index (κ1) is 13.1. The fourth-order valence-electron chi connectivity index (χ4n) is 1.95. The lowest BCUT2D eigenvalue weighted by atomic mass is 10.2. The summed E-state index contributed by atoms with van der Waals surface area (Å²) in [5.41, 5.74) is 3.97. The first-order valence-electron chi connectivity index (χ1n) is 6.46. The predicted octanol–water partition coefficient (Wildman–Crippen LogP) is 1.72. The van der Waals surface area contributed by atoms with Crippen molar-refractivity contribution in [1.82, 2.24) is 10.4 Å². The van der Waals surface area contributed by atoms with Crippen LogP contribution in [0.25, 0.3) is 0 Å². The summed E-state index contributed by atoms with van der Waals surface area (Å²) < 4.78 is 5.56. The summed E-state index contributed by atoms with van der Waals surface area (Å²) in [5, 5.41) is 1.96. The van der Waals surface area contributed by atoms with Crippen molar-refractivity contribution >= 4 is 5.91 Å². The van der Waals surface area contributed by atoms with Gasteiger partial charge >= 0.3 is 0 Å². The van der Waals surface area contributed by atoms with Gasteiger partial charge < -0.3 is 4.74 Å². The Bertz CT molecular complexity index is 375. The van der Waals surface area contributed by atoms with Crippen LogP contribution in [0.1, 0.15) is 25.3 Å². The highest BCUT2D eigenvalue weighted by atomic mass is 16.5. The lowest BCUT2D eigenvalue weighted by Gasteiger charge is -2.19. The van der Waals surface area contributed by atoms with Gasteiger partial charge in [-0.3, -0.25) is 10.2 Å². The zero-order valence-corrected chi connectivity index (χ0v) is 10.8. The van der Waals surface area contributed by atoms with Crippen LogP contribution in [0.3, 0.4) is 0 Å². The fourth-order valence-corrected chi connectivity index (χ4v) is 1.95. The minimum Gasteiger partial charge on any atom is -0.364 e. The van der Waals surface area contributed by atoms with Crippen molar-refractivity contribution in [3.8, 4) is 0 Å². The molecule has 0 aromatic heterocycles. The van der Waals surface area contributed by atoms with E-state index in [1.807, 2.05) is 35.3 Å². The lowest BCUT2D eigenvalue weighted by Crippen LogP contribution is -2.45. The number of hydrogen-bond donors (Lipinski definition) is 1. The third kappa shape index (κ3) is 3.82. The van der Waals surface area contributed by atoms with Gasteiger partial charge in [-0.05, 0) is 25.3 Å². The zero-order valence-electron chi connectivity index (χ0n) is 10.8. The van der Waals surface area contributed by atoms with Crippen molar-refractivity contribution in [1.29, 1.82) is 0 Å². The Morgan fingerprint density at radius 1 is 1.33 bits per heavy atom. The molecule has 1 saturated heterocycles. The first-order chi connectivity index (χ1) is 8.75. The van der Waals surface area contributed by atoms with Gasteiger partial charge in [-0.15, -0.1) is 0 Å². The van der Waals surface area contributed by atoms with Gasteiger partial charge in [0.25, 0.3) is 5.91 Å². The molecule has 4 nitrogen and oxygen atoms in total. The number of rotatable bonds is 5. The number of hydrazine groups is 1. The van der Waals surface area contributed by atoms with Gasteiger partial charge in [-0.25, -0.2) is 5.01 Å². The topological polar surface area (TPSA) is 41.6 Å². The number of nitrogens with zero attached hydrogens (tertiary/aromatic N) is 1. The van der Waals surface area contributed by atoms with Gasteiger partial charge in [0.05, 0.1) is 6.61 Å². The van der Waals surface area contributed by atoms with Crippen LogP contribution < -0.4 is 5.43 Å². The number of hydrogen-bond acceptors (Lipinski definition) is 3. The van der Waals surface area contributed by atoms with E-state index in [-0.39, 0.29) is 5.91 Å². The highest BCUT2D eigenvalue weighted by molar-refractivity contribution is 5.79. The van der Waals surface area contributed by atoms with Gasteiger partial charge in [-0.1, -0.05) is 30.3 Å². The smallest absolute Gasteiger partial charge is 0.263 e. The molecule has 0 spiro atoms. The number of amides is 1. The number of carbonyl (C=O) groups excluding carboxylic acids is 1. The monoisotopic (exact) mass is 248 g/mol. The number of nitrogens with one attached hydrogen (secondary N) is 1. The lowest BCUT2D eigenvalue weighted by molar-refractivity contribution is -0.137. The Hall–Kier alpha value is -1.39. The normalized spacial score (nSPS) is 17.6. The zero-order chi connectivity index (χ0) is 12.8.